The molecule has 0 radical (unpaired) electrons. The highest BCUT2D eigenvalue weighted by Crippen LogP contribution is 2.22. The fourth-order valence-electron chi connectivity index (χ4n) is 1.99. The van der Waals surface area contributed by atoms with Gasteiger partial charge in [0.15, 0.2) is 0 Å². The molecule has 0 heterocycles. The molecular weight excluding hydrogens is 256 g/mol. The van der Waals surface area contributed by atoms with Gasteiger partial charge in [-0.2, -0.15) is 0 Å². The molecule has 0 saturated heterocycles. The monoisotopic (exact) mass is 276 g/mol. The van der Waals surface area contributed by atoms with E-state index in [-0.39, 0.29) is 0 Å². The number of phenolic OH excluding ortho intramolecular Hbond substituents is 1. The van der Waals surface area contributed by atoms with Gasteiger partial charge >= 0.3 is 0 Å². The lowest BCUT2D eigenvalue weighted by molar-refractivity contribution is 0.481. The Labute approximate surface area is 126 Å². The highest BCUT2D eigenvalue weighted by Gasteiger charge is 1.94. The molecule has 1 nitrogen and oxygen atoms in total. The van der Waals surface area contributed by atoms with Crippen LogP contribution in [0, 0.1) is 0 Å². The summed E-state index contributed by atoms with van der Waals surface area (Å²) in [6, 6.07) is 13.3. The van der Waals surface area contributed by atoms with E-state index in [1.807, 2.05) is 36.4 Å². The molecule has 0 atom stereocenters. The number of hydrogen-bond donors (Lipinski definition) is 1. The summed E-state index contributed by atoms with van der Waals surface area (Å²) >= 11 is 0. The first-order chi connectivity index (χ1) is 10.4. The number of phenols is 1. The number of allylic oxidation sites excluding steroid dienone is 8. The second-order valence-electron chi connectivity index (χ2n) is 4.68. The molecule has 2 aromatic carbocycles. The molecule has 0 aromatic heterocycles. The second-order valence-corrected chi connectivity index (χ2v) is 4.68. The van der Waals surface area contributed by atoms with E-state index in [2.05, 4.69) is 48.6 Å². The quantitative estimate of drug-likeness (QED) is 0.668. The summed E-state index contributed by atoms with van der Waals surface area (Å²) in [6.07, 6.45) is 19.0. The summed E-state index contributed by atoms with van der Waals surface area (Å²) in [4.78, 5) is 0. The van der Waals surface area contributed by atoms with Crippen LogP contribution >= 0.6 is 0 Å². The van der Waals surface area contributed by atoms with Crippen molar-refractivity contribution in [3.63, 3.8) is 0 Å². The van der Waals surface area contributed by atoms with Crippen LogP contribution in [0.5, 0.6) is 5.75 Å². The van der Waals surface area contributed by atoms with Crippen molar-refractivity contribution in [1.82, 2.24) is 0 Å². The average molecular weight is 276 g/mol. The van der Waals surface area contributed by atoms with Gasteiger partial charge in [0.2, 0.25) is 0 Å². The first-order valence-corrected chi connectivity index (χ1v) is 7.18. The van der Waals surface area contributed by atoms with Crippen molar-refractivity contribution in [3.05, 3.63) is 91.1 Å². The van der Waals surface area contributed by atoms with Crippen LogP contribution in [0.1, 0.15) is 12.8 Å². The molecule has 0 spiro atoms. The first-order valence-electron chi connectivity index (χ1n) is 7.18. The van der Waals surface area contributed by atoms with Gasteiger partial charge in [-0.1, -0.05) is 85.0 Å². The standard InChI is InChI=1S/C10H8O.2C5H6/c11-10-7-3-5-8-4-1-2-6-9(8)10;2*1-2-4-5-3-1/h1-7,11H;2*1-4H,5H2. The molecule has 0 aliphatic heterocycles. The highest BCUT2D eigenvalue weighted by atomic mass is 16.3. The molecular formula is C20H20O. The fourth-order valence-corrected chi connectivity index (χ4v) is 1.99. The van der Waals surface area contributed by atoms with E-state index in [0.29, 0.717) is 5.75 Å². The predicted molar refractivity (Wildman–Crippen MR) is 91.4 cm³/mol. The van der Waals surface area contributed by atoms with E-state index >= 15 is 0 Å². The zero-order chi connectivity index (χ0) is 14.8. The van der Waals surface area contributed by atoms with Crippen LogP contribution < -0.4 is 0 Å². The number of rotatable bonds is 0. The molecule has 0 bridgehead atoms. The summed E-state index contributed by atoms with van der Waals surface area (Å²) < 4.78 is 0. The normalized spacial score (nSPS) is 13.7. The number of fused-ring (bicyclic) bond motifs is 1. The predicted octanol–water partition coefficient (Wildman–Crippen LogP) is 5.55. The van der Waals surface area contributed by atoms with Gasteiger partial charge in [0.25, 0.3) is 0 Å². The zero-order valence-electron chi connectivity index (χ0n) is 12.0. The van der Waals surface area contributed by atoms with E-state index in [1.165, 1.54) is 0 Å². The Morgan fingerprint density at radius 3 is 1.62 bits per heavy atom. The molecule has 106 valence electrons. The molecule has 1 heteroatoms. The number of aromatic hydroxyl groups is 1. The molecule has 2 aliphatic rings. The Kier molecular flexibility index (Phi) is 6.08. The van der Waals surface area contributed by atoms with Crippen molar-refractivity contribution in [2.45, 2.75) is 12.8 Å². The van der Waals surface area contributed by atoms with Crippen molar-refractivity contribution in [1.29, 1.82) is 0 Å². The zero-order valence-corrected chi connectivity index (χ0v) is 12.0. The third-order valence-electron chi connectivity index (χ3n) is 3.08. The van der Waals surface area contributed by atoms with Crippen molar-refractivity contribution in [2.75, 3.05) is 0 Å². The maximum atomic E-state index is 9.37. The average Bonchev–Trinajstić information content (AvgIpc) is 3.26. The highest BCUT2D eigenvalue weighted by molar-refractivity contribution is 5.87. The molecule has 21 heavy (non-hydrogen) atoms. The van der Waals surface area contributed by atoms with Crippen molar-refractivity contribution in [2.24, 2.45) is 0 Å². The van der Waals surface area contributed by atoms with Gasteiger partial charge in [0.05, 0.1) is 0 Å². The summed E-state index contributed by atoms with van der Waals surface area (Å²) in [7, 11) is 0. The molecule has 0 unspecified atom stereocenters. The number of hydrogen-bond acceptors (Lipinski definition) is 1. The van der Waals surface area contributed by atoms with Crippen molar-refractivity contribution in [3.8, 4) is 5.75 Å². The van der Waals surface area contributed by atoms with Crippen molar-refractivity contribution >= 4 is 10.8 Å². The molecule has 0 saturated carbocycles. The third-order valence-corrected chi connectivity index (χ3v) is 3.08. The minimum absolute atomic E-state index is 0.350. The molecule has 0 amide bonds. The summed E-state index contributed by atoms with van der Waals surface area (Å²) in [5.74, 6) is 0.350. The summed E-state index contributed by atoms with van der Waals surface area (Å²) in [5.41, 5.74) is 0. The van der Waals surface area contributed by atoms with Crippen LogP contribution in [0.15, 0.2) is 91.1 Å². The molecule has 4 rings (SSSR count). The van der Waals surface area contributed by atoms with Gasteiger partial charge in [-0.3, -0.25) is 0 Å². The van der Waals surface area contributed by atoms with E-state index in [4.69, 9.17) is 0 Å². The third kappa shape index (κ3) is 5.15. The molecule has 2 aromatic rings. The summed E-state index contributed by atoms with van der Waals surface area (Å²) in [6.45, 7) is 0. The van der Waals surface area contributed by atoms with E-state index in [1.54, 1.807) is 6.07 Å². The Morgan fingerprint density at radius 1 is 0.619 bits per heavy atom. The van der Waals surface area contributed by atoms with Gasteiger partial charge < -0.3 is 5.11 Å². The minimum Gasteiger partial charge on any atom is -0.507 e. The van der Waals surface area contributed by atoms with Crippen LogP contribution in [-0.4, -0.2) is 5.11 Å². The molecule has 1 N–H and O–H groups in total. The van der Waals surface area contributed by atoms with E-state index in [0.717, 1.165) is 23.6 Å². The Bertz CT molecular complexity index is 628. The summed E-state index contributed by atoms with van der Waals surface area (Å²) in [5, 5.41) is 11.4. The van der Waals surface area contributed by atoms with Gasteiger partial charge in [0, 0.05) is 5.39 Å². The first kappa shape index (κ1) is 14.9. The Hall–Kier alpha value is -2.54. The largest absolute Gasteiger partial charge is 0.507 e. The van der Waals surface area contributed by atoms with Crippen LogP contribution in [-0.2, 0) is 0 Å². The molecule has 2 aliphatic carbocycles. The maximum absolute atomic E-state index is 9.37. The lowest BCUT2D eigenvalue weighted by Crippen LogP contribution is -1.70. The van der Waals surface area contributed by atoms with Crippen molar-refractivity contribution < 1.29 is 5.11 Å². The Morgan fingerprint density at radius 2 is 1.14 bits per heavy atom. The SMILES string of the molecule is C1=CCC=C1.C1=CCC=C1.Oc1cccc2ccccc12. The van der Waals surface area contributed by atoms with Crippen LogP contribution in [0.4, 0.5) is 0 Å². The second kappa shape index (κ2) is 8.60. The van der Waals surface area contributed by atoms with E-state index < -0.39 is 0 Å². The minimum atomic E-state index is 0.350. The van der Waals surface area contributed by atoms with Crippen LogP contribution in [0.2, 0.25) is 0 Å². The topological polar surface area (TPSA) is 20.2 Å². The number of benzene rings is 2. The van der Waals surface area contributed by atoms with Gasteiger partial charge in [0.1, 0.15) is 5.75 Å². The van der Waals surface area contributed by atoms with Gasteiger partial charge in [-0.15, -0.1) is 0 Å². The Balaban J connectivity index is 0.000000134. The fraction of sp³-hybridized carbons (Fsp3) is 0.100. The van der Waals surface area contributed by atoms with Crippen LogP contribution in [0.3, 0.4) is 0 Å². The van der Waals surface area contributed by atoms with E-state index in [9.17, 15) is 5.11 Å². The van der Waals surface area contributed by atoms with Gasteiger partial charge in [-0.05, 0) is 24.3 Å². The lowest BCUT2D eigenvalue weighted by Gasteiger charge is -1.97. The molecule has 0 fully saturated rings. The van der Waals surface area contributed by atoms with Crippen LogP contribution in [0.25, 0.3) is 10.8 Å². The smallest absolute Gasteiger partial charge is 0.123 e. The van der Waals surface area contributed by atoms with Gasteiger partial charge in [-0.25, -0.2) is 0 Å². The maximum Gasteiger partial charge on any atom is 0.123 e. The lowest BCUT2D eigenvalue weighted by atomic mass is 10.1.